The van der Waals surface area contributed by atoms with E-state index in [1.807, 2.05) is 0 Å². The number of carbonyl (C=O) groups excluding carboxylic acids is 1. The van der Waals surface area contributed by atoms with Crippen LogP contribution >= 0.6 is 0 Å². The summed E-state index contributed by atoms with van der Waals surface area (Å²) in [7, 11) is 0. The predicted octanol–water partition coefficient (Wildman–Crippen LogP) is 12.4. The Bertz CT molecular complexity index is 1330. The molecule has 0 aromatic heterocycles. The molecule has 0 radical (unpaired) electrons. The van der Waals surface area contributed by atoms with E-state index in [4.69, 9.17) is 14.2 Å². The maximum atomic E-state index is 12.6. The molecule has 3 unspecified atom stereocenters. The van der Waals surface area contributed by atoms with Crippen LogP contribution in [0.3, 0.4) is 0 Å². The lowest BCUT2D eigenvalue weighted by Crippen LogP contribution is -2.60. The lowest BCUT2D eigenvalue weighted by atomic mass is 9.47. The molecule has 5 rings (SSSR count). The molecule has 5 aliphatic rings. The Morgan fingerprint density at radius 2 is 1.50 bits per heavy atom. The molecule has 7 nitrogen and oxygen atoms in total. The number of esters is 1. The fraction of sp³-hybridized carbons (Fsp3) is 0.906. The molecule has 1 aliphatic heterocycles. The summed E-state index contributed by atoms with van der Waals surface area (Å²) in [4.78, 5) is 12.6. The zero-order valence-electron chi connectivity index (χ0n) is 39.6. The SMILES string of the molecule is CCCCCCCC/C=C/CCCCCCCC(=O)OC[C@H]1O[C@@H](O[C@H]2CC[C@@]3(C)C(=CCC4C3CC[C@@]3(C)C4CC[C@@H]3[C@H](C)CC[C@@H](CC)C(C)C)C2)[C@H](O)[C@@H](O)[C@@H]1O. The second kappa shape index (κ2) is 24.2. The number of unbranched alkanes of at least 4 members (excludes halogenated alkanes) is 11. The number of rotatable bonds is 25. The summed E-state index contributed by atoms with van der Waals surface area (Å²) in [5.41, 5.74) is 2.12. The van der Waals surface area contributed by atoms with E-state index in [-0.39, 0.29) is 24.1 Å². The van der Waals surface area contributed by atoms with E-state index in [1.54, 1.807) is 0 Å². The highest BCUT2D eigenvalue weighted by Gasteiger charge is 2.59. The molecule has 0 aromatic carbocycles. The van der Waals surface area contributed by atoms with Crippen molar-refractivity contribution in [3.05, 3.63) is 23.8 Å². The summed E-state index contributed by atoms with van der Waals surface area (Å²) < 4.78 is 18.0. The first kappa shape index (κ1) is 49.8. The zero-order valence-corrected chi connectivity index (χ0v) is 39.6. The van der Waals surface area contributed by atoms with Gasteiger partial charge in [-0.25, -0.2) is 0 Å². The van der Waals surface area contributed by atoms with Gasteiger partial charge in [0, 0.05) is 6.42 Å². The second-order valence-electron chi connectivity index (χ2n) is 21.5. The largest absolute Gasteiger partial charge is 0.463 e. The number of hydrogen-bond acceptors (Lipinski definition) is 7. The van der Waals surface area contributed by atoms with Gasteiger partial charge in [0.15, 0.2) is 6.29 Å². The zero-order chi connectivity index (χ0) is 43.3. The average Bonchev–Trinajstić information content (AvgIpc) is 3.59. The van der Waals surface area contributed by atoms with Gasteiger partial charge < -0.3 is 29.5 Å². The highest BCUT2D eigenvalue weighted by Crippen LogP contribution is 2.67. The summed E-state index contributed by atoms with van der Waals surface area (Å²) in [5.74, 6) is 5.21. The quantitative estimate of drug-likeness (QED) is 0.0477. The van der Waals surface area contributed by atoms with E-state index in [0.29, 0.717) is 17.8 Å². The summed E-state index contributed by atoms with van der Waals surface area (Å²) in [6, 6.07) is 0. The maximum absolute atomic E-state index is 12.6. The van der Waals surface area contributed by atoms with Crippen molar-refractivity contribution in [2.75, 3.05) is 6.61 Å². The third kappa shape index (κ3) is 12.7. The van der Waals surface area contributed by atoms with Crippen LogP contribution in [0.4, 0.5) is 0 Å². The van der Waals surface area contributed by atoms with Crippen LogP contribution in [0.2, 0.25) is 0 Å². The van der Waals surface area contributed by atoms with Gasteiger partial charge in [0.2, 0.25) is 0 Å². The number of carbonyl (C=O) groups is 1. The number of allylic oxidation sites excluding steroid dienone is 3. The van der Waals surface area contributed by atoms with E-state index in [1.165, 1.54) is 102 Å². The van der Waals surface area contributed by atoms with E-state index in [9.17, 15) is 20.1 Å². The molecular weight excluding hydrogens is 749 g/mol. The summed E-state index contributed by atoms with van der Waals surface area (Å²) in [6.45, 7) is 17.0. The fourth-order valence-electron chi connectivity index (χ4n) is 13.3. The molecule has 4 aliphatic carbocycles. The summed E-state index contributed by atoms with van der Waals surface area (Å²) in [6.07, 6.45) is 30.1. The second-order valence-corrected chi connectivity index (χ2v) is 21.5. The van der Waals surface area contributed by atoms with Crippen molar-refractivity contribution in [3.8, 4) is 0 Å². The standard InChI is InChI=1S/C53H92O7/c1-8-10-11-12-13-14-15-16-17-18-19-20-21-22-23-24-47(54)58-36-46-48(55)49(56)50(57)51(60-46)59-41-31-33-52(6)40(35-41)27-28-42-44-30-29-43(53(44,7)34-32-45(42)52)38(5)25-26-39(9-2)37(3)4/h16-17,27,37-39,41-46,48-51,55-57H,8-15,18-26,28-36H2,1-7H3/b17-16+/t38-,39-,41+,42?,43-,44?,45?,46-,48-,49+,50-,51-,52+,53-/m1/s1. The molecule has 0 amide bonds. The molecule has 0 aromatic rings. The van der Waals surface area contributed by atoms with Crippen LogP contribution in [0.25, 0.3) is 0 Å². The average molecular weight is 841 g/mol. The van der Waals surface area contributed by atoms with Crippen molar-refractivity contribution in [1.29, 1.82) is 0 Å². The number of ether oxygens (including phenoxy) is 3. The van der Waals surface area contributed by atoms with Gasteiger partial charge in [0.1, 0.15) is 31.0 Å². The highest BCUT2D eigenvalue weighted by molar-refractivity contribution is 5.69. The van der Waals surface area contributed by atoms with Crippen molar-refractivity contribution >= 4 is 5.97 Å². The third-order valence-corrected chi connectivity index (χ3v) is 17.3. The maximum Gasteiger partial charge on any atom is 0.305 e. The molecule has 1 saturated heterocycles. The van der Waals surface area contributed by atoms with Gasteiger partial charge in [0.05, 0.1) is 6.10 Å². The Kier molecular flexibility index (Phi) is 20.0. The summed E-state index contributed by atoms with van der Waals surface area (Å²) in [5, 5.41) is 32.5. The van der Waals surface area contributed by atoms with Crippen LogP contribution in [0.5, 0.6) is 0 Å². The summed E-state index contributed by atoms with van der Waals surface area (Å²) >= 11 is 0. The first-order valence-corrected chi connectivity index (χ1v) is 25.7. The predicted molar refractivity (Wildman–Crippen MR) is 244 cm³/mol. The Balaban J connectivity index is 1.02. The molecule has 3 N–H and O–H groups in total. The molecular formula is C53H92O7. The lowest BCUT2D eigenvalue weighted by Gasteiger charge is -2.58. The number of aliphatic hydroxyl groups is 3. The van der Waals surface area contributed by atoms with Gasteiger partial charge in [-0.05, 0) is 142 Å². The van der Waals surface area contributed by atoms with Gasteiger partial charge in [-0.1, -0.05) is 136 Å². The first-order valence-electron chi connectivity index (χ1n) is 25.7. The van der Waals surface area contributed by atoms with Gasteiger partial charge in [-0.15, -0.1) is 0 Å². The molecule has 3 saturated carbocycles. The van der Waals surface area contributed by atoms with E-state index in [0.717, 1.165) is 93.3 Å². The Morgan fingerprint density at radius 1 is 0.817 bits per heavy atom. The molecule has 14 atom stereocenters. The van der Waals surface area contributed by atoms with Crippen LogP contribution in [0.15, 0.2) is 23.8 Å². The molecule has 346 valence electrons. The first-order chi connectivity index (χ1) is 28.8. The van der Waals surface area contributed by atoms with Crippen LogP contribution in [0.1, 0.15) is 209 Å². The number of aliphatic hydroxyl groups excluding tert-OH is 3. The molecule has 4 fully saturated rings. The van der Waals surface area contributed by atoms with Crippen LogP contribution < -0.4 is 0 Å². The minimum absolute atomic E-state index is 0.143. The van der Waals surface area contributed by atoms with Crippen LogP contribution in [-0.4, -0.2) is 64.7 Å². The van der Waals surface area contributed by atoms with Crippen molar-refractivity contribution in [2.45, 2.75) is 246 Å². The number of fused-ring (bicyclic) bond motifs is 5. The van der Waals surface area contributed by atoms with Crippen molar-refractivity contribution < 1.29 is 34.3 Å². The Morgan fingerprint density at radius 3 is 2.18 bits per heavy atom. The van der Waals surface area contributed by atoms with Crippen molar-refractivity contribution in [2.24, 2.45) is 52.3 Å². The van der Waals surface area contributed by atoms with E-state index < -0.39 is 30.7 Å². The fourth-order valence-corrected chi connectivity index (χ4v) is 13.3. The minimum atomic E-state index is -1.45. The minimum Gasteiger partial charge on any atom is -0.463 e. The van der Waals surface area contributed by atoms with Gasteiger partial charge >= 0.3 is 5.97 Å². The third-order valence-electron chi connectivity index (χ3n) is 17.3. The molecule has 0 bridgehead atoms. The van der Waals surface area contributed by atoms with E-state index in [2.05, 4.69) is 66.7 Å². The van der Waals surface area contributed by atoms with Gasteiger partial charge in [-0.3, -0.25) is 4.79 Å². The highest BCUT2D eigenvalue weighted by atomic mass is 16.7. The Hall–Kier alpha value is -1.25. The molecule has 1 heterocycles. The van der Waals surface area contributed by atoms with Gasteiger partial charge in [0.25, 0.3) is 0 Å². The topological polar surface area (TPSA) is 105 Å². The lowest BCUT2D eigenvalue weighted by molar-refractivity contribution is -0.313. The van der Waals surface area contributed by atoms with Crippen molar-refractivity contribution in [3.63, 3.8) is 0 Å². The smallest absolute Gasteiger partial charge is 0.305 e. The molecule has 60 heavy (non-hydrogen) atoms. The Labute approximate surface area is 367 Å². The number of hydrogen-bond donors (Lipinski definition) is 3. The normalized spacial score (nSPS) is 36.4. The monoisotopic (exact) mass is 841 g/mol. The van der Waals surface area contributed by atoms with Crippen molar-refractivity contribution in [1.82, 2.24) is 0 Å². The van der Waals surface area contributed by atoms with Crippen LogP contribution in [0, 0.1) is 52.3 Å². The van der Waals surface area contributed by atoms with E-state index >= 15 is 0 Å². The molecule has 7 heteroatoms. The van der Waals surface area contributed by atoms with Crippen LogP contribution in [-0.2, 0) is 19.0 Å². The molecule has 0 spiro atoms. The van der Waals surface area contributed by atoms with Gasteiger partial charge in [-0.2, -0.15) is 0 Å².